The molecule has 1 aliphatic rings. The van der Waals surface area contributed by atoms with E-state index < -0.39 is 0 Å². The number of aromatic nitrogens is 2. The molecule has 1 unspecified atom stereocenters. The molecule has 0 radical (unpaired) electrons. The highest BCUT2D eigenvalue weighted by molar-refractivity contribution is 5.78. The Morgan fingerprint density at radius 1 is 0.889 bits per heavy atom. The molecule has 3 heterocycles. The van der Waals surface area contributed by atoms with E-state index in [1.54, 1.807) is 14.2 Å². The van der Waals surface area contributed by atoms with Crippen LogP contribution in [0.2, 0.25) is 0 Å². The summed E-state index contributed by atoms with van der Waals surface area (Å²) in [5.41, 5.74) is 5.01. The zero-order valence-corrected chi connectivity index (χ0v) is 21.1. The van der Waals surface area contributed by atoms with Crippen molar-refractivity contribution >= 4 is 17.2 Å². The van der Waals surface area contributed by atoms with Gasteiger partial charge in [-0.15, -0.1) is 0 Å². The van der Waals surface area contributed by atoms with Crippen LogP contribution in [0.4, 0.5) is 5.69 Å². The first-order valence-electron chi connectivity index (χ1n) is 12.3. The minimum Gasteiger partial charge on any atom is -0.496 e. The van der Waals surface area contributed by atoms with E-state index in [1.807, 2.05) is 65.7 Å². The Bertz CT molecular complexity index is 1360. The second kappa shape index (κ2) is 10.3. The van der Waals surface area contributed by atoms with Gasteiger partial charge in [-0.05, 0) is 37.3 Å². The number of fused-ring (bicyclic) bond motifs is 1. The summed E-state index contributed by atoms with van der Waals surface area (Å²) in [7, 11) is 3.37. The minimum absolute atomic E-state index is 0.133. The number of ether oxygens (including phenoxy) is 2. The predicted molar refractivity (Wildman–Crippen MR) is 141 cm³/mol. The second-order valence-electron chi connectivity index (χ2n) is 9.08. The molecular formula is C29H32N4O3. The first-order chi connectivity index (χ1) is 17.6. The van der Waals surface area contributed by atoms with Crippen LogP contribution in [0.5, 0.6) is 11.5 Å². The van der Waals surface area contributed by atoms with Gasteiger partial charge in [0.15, 0.2) is 0 Å². The van der Waals surface area contributed by atoms with E-state index >= 15 is 0 Å². The van der Waals surface area contributed by atoms with Crippen molar-refractivity contribution in [2.24, 2.45) is 0 Å². The average Bonchev–Trinajstić information content (AvgIpc) is 3.37. The smallest absolute Gasteiger partial charge is 0.223 e. The fourth-order valence-corrected chi connectivity index (χ4v) is 5.20. The van der Waals surface area contributed by atoms with Crippen LogP contribution < -0.4 is 14.4 Å². The third kappa shape index (κ3) is 4.49. The van der Waals surface area contributed by atoms with Crippen LogP contribution in [0.1, 0.15) is 29.3 Å². The maximum absolute atomic E-state index is 13.7. The molecule has 2 aromatic carbocycles. The number of methoxy groups -OCH3 is 2. The number of imidazole rings is 1. The number of hydrogen-bond acceptors (Lipinski definition) is 5. The molecule has 1 saturated heterocycles. The van der Waals surface area contributed by atoms with E-state index in [0.29, 0.717) is 19.5 Å². The number of carbonyl (C=O) groups excluding carboxylic acids is 1. The largest absolute Gasteiger partial charge is 0.496 e. The van der Waals surface area contributed by atoms with Crippen molar-refractivity contribution in [3.8, 4) is 11.5 Å². The van der Waals surface area contributed by atoms with Crippen LogP contribution in [0, 0.1) is 6.92 Å². The molecule has 1 aliphatic heterocycles. The van der Waals surface area contributed by atoms with E-state index in [9.17, 15) is 4.79 Å². The lowest BCUT2D eigenvalue weighted by atomic mass is 9.91. The lowest BCUT2D eigenvalue weighted by Gasteiger charge is -2.37. The molecule has 1 amide bonds. The Morgan fingerprint density at radius 2 is 1.58 bits per heavy atom. The van der Waals surface area contributed by atoms with Crippen LogP contribution in [-0.2, 0) is 4.79 Å². The molecule has 5 rings (SSSR count). The van der Waals surface area contributed by atoms with Gasteiger partial charge in [-0.25, -0.2) is 4.98 Å². The van der Waals surface area contributed by atoms with Crippen LogP contribution >= 0.6 is 0 Å². The van der Waals surface area contributed by atoms with E-state index in [0.717, 1.165) is 52.9 Å². The van der Waals surface area contributed by atoms with Gasteiger partial charge in [0, 0.05) is 56.0 Å². The average molecular weight is 485 g/mol. The summed E-state index contributed by atoms with van der Waals surface area (Å²) in [5.74, 6) is 1.59. The lowest BCUT2D eigenvalue weighted by molar-refractivity contribution is -0.131. The summed E-state index contributed by atoms with van der Waals surface area (Å²) in [5, 5.41) is 0. The Labute approximate surface area is 211 Å². The Morgan fingerprint density at radius 3 is 2.33 bits per heavy atom. The number of benzene rings is 2. The molecule has 36 heavy (non-hydrogen) atoms. The van der Waals surface area contributed by atoms with Crippen molar-refractivity contribution in [2.45, 2.75) is 19.3 Å². The standard InChI is InChI=1S/C29H32N4O3/c1-21-9-8-14-28-30-20-25(33(21)28)23(22-10-4-6-12-26(22)35-2)19-29(34)32-17-15-31(16-18-32)24-11-5-7-13-27(24)36-3/h4-14,20,23H,15-19H2,1-3H3. The maximum atomic E-state index is 13.7. The Kier molecular flexibility index (Phi) is 6.80. The summed E-state index contributed by atoms with van der Waals surface area (Å²) in [6.07, 6.45) is 2.24. The first kappa shape index (κ1) is 23.7. The third-order valence-corrected chi connectivity index (χ3v) is 7.06. The molecule has 7 heteroatoms. The fraction of sp³-hybridized carbons (Fsp3) is 0.310. The molecule has 7 nitrogen and oxygen atoms in total. The van der Waals surface area contributed by atoms with Gasteiger partial charge in [0.25, 0.3) is 0 Å². The normalized spacial score (nSPS) is 14.6. The number of nitrogens with zero attached hydrogens (tertiary/aromatic N) is 4. The lowest BCUT2D eigenvalue weighted by Crippen LogP contribution is -2.49. The van der Waals surface area contributed by atoms with E-state index in [4.69, 9.17) is 9.47 Å². The highest BCUT2D eigenvalue weighted by Gasteiger charge is 2.29. The number of para-hydroxylation sites is 3. The minimum atomic E-state index is -0.183. The third-order valence-electron chi connectivity index (χ3n) is 7.06. The molecule has 1 atom stereocenters. The number of rotatable bonds is 7. The molecule has 0 saturated carbocycles. The number of amides is 1. The van der Waals surface area contributed by atoms with Crippen LogP contribution in [-0.4, -0.2) is 60.6 Å². The zero-order chi connectivity index (χ0) is 25.1. The van der Waals surface area contributed by atoms with Crippen LogP contribution in [0.15, 0.2) is 72.9 Å². The number of piperazine rings is 1. The molecule has 2 aromatic heterocycles. The Hall–Kier alpha value is -4.00. The molecule has 186 valence electrons. The van der Waals surface area contributed by atoms with Gasteiger partial charge in [-0.2, -0.15) is 0 Å². The molecule has 0 N–H and O–H groups in total. The number of aryl methyl sites for hydroxylation is 1. The molecule has 0 aliphatic carbocycles. The van der Waals surface area contributed by atoms with Crippen molar-refractivity contribution in [3.05, 3.63) is 89.9 Å². The number of carbonyl (C=O) groups is 1. The van der Waals surface area contributed by atoms with Crippen molar-refractivity contribution in [1.82, 2.24) is 14.3 Å². The summed E-state index contributed by atoms with van der Waals surface area (Å²) >= 11 is 0. The monoisotopic (exact) mass is 484 g/mol. The van der Waals surface area contributed by atoms with Gasteiger partial charge in [-0.1, -0.05) is 36.4 Å². The molecule has 0 bridgehead atoms. The number of hydrogen-bond donors (Lipinski definition) is 0. The highest BCUT2D eigenvalue weighted by atomic mass is 16.5. The number of pyridine rings is 1. The van der Waals surface area contributed by atoms with Crippen molar-refractivity contribution < 1.29 is 14.3 Å². The van der Waals surface area contributed by atoms with Crippen molar-refractivity contribution in [2.75, 3.05) is 45.3 Å². The summed E-state index contributed by atoms with van der Waals surface area (Å²) < 4.78 is 13.4. The van der Waals surface area contributed by atoms with Gasteiger partial charge in [0.1, 0.15) is 17.1 Å². The van der Waals surface area contributed by atoms with E-state index in [2.05, 4.69) is 33.3 Å². The van der Waals surface area contributed by atoms with Gasteiger partial charge in [0.05, 0.1) is 25.6 Å². The van der Waals surface area contributed by atoms with Gasteiger partial charge < -0.3 is 23.7 Å². The summed E-state index contributed by atoms with van der Waals surface area (Å²) in [6, 6.07) is 22.1. The molecule has 1 fully saturated rings. The molecule has 4 aromatic rings. The van der Waals surface area contributed by atoms with Crippen LogP contribution in [0.25, 0.3) is 5.65 Å². The summed E-state index contributed by atoms with van der Waals surface area (Å²) in [6.45, 7) is 4.93. The highest BCUT2D eigenvalue weighted by Crippen LogP contribution is 2.36. The van der Waals surface area contributed by atoms with E-state index in [1.165, 1.54) is 0 Å². The van der Waals surface area contributed by atoms with Gasteiger partial charge in [0.2, 0.25) is 5.91 Å². The molecule has 0 spiro atoms. The number of anilines is 1. The maximum Gasteiger partial charge on any atom is 0.223 e. The predicted octanol–water partition coefficient (Wildman–Crippen LogP) is 4.53. The SMILES string of the molecule is COc1ccccc1C(CC(=O)N1CCN(c2ccccc2OC)CC1)c1cnc2cccc(C)n12. The van der Waals surface area contributed by atoms with Crippen LogP contribution in [0.3, 0.4) is 0 Å². The van der Waals surface area contributed by atoms with E-state index in [-0.39, 0.29) is 11.8 Å². The quantitative estimate of drug-likeness (QED) is 0.386. The topological polar surface area (TPSA) is 59.3 Å². The zero-order valence-electron chi connectivity index (χ0n) is 21.1. The summed E-state index contributed by atoms with van der Waals surface area (Å²) in [4.78, 5) is 22.6. The van der Waals surface area contributed by atoms with Crippen molar-refractivity contribution in [3.63, 3.8) is 0 Å². The Balaban J connectivity index is 1.40. The van der Waals surface area contributed by atoms with Gasteiger partial charge in [-0.3, -0.25) is 4.79 Å². The van der Waals surface area contributed by atoms with Crippen molar-refractivity contribution in [1.29, 1.82) is 0 Å². The molecular weight excluding hydrogens is 452 g/mol. The second-order valence-corrected chi connectivity index (χ2v) is 9.08. The fourth-order valence-electron chi connectivity index (χ4n) is 5.20. The first-order valence-corrected chi connectivity index (χ1v) is 12.3. The van der Waals surface area contributed by atoms with Gasteiger partial charge >= 0.3 is 0 Å².